The van der Waals surface area contributed by atoms with Crippen LogP contribution < -0.4 is 10.2 Å². The second-order valence-electron chi connectivity index (χ2n) is 3.83. The molecule has 0 saturated heterocycles. The molecule has 94 valence electrons. The van der Waals surface area contributed by atoms with Crippen molar-refractivity contribution in [2.75, 3.05) is 11.4 Å². The quantitative estimate of drug-likeness (QED) is 0.835. The molecule has 1 heterocycles. The molecule has 1 aromatic carbocycles. The van der Waals surface area contributed by atoms with E-state index in [1.807, 2.05) is 6.07 Å². The smallest absolute Gasteiger partial charge is 0.323 e. The number of nitrogens with zero attached hydrogens (tertiary/aromatic N) is 2. The lowest BCUT2D eigenvalue weighted by molar-refractivity contribution is -0.154. The predicted octanol–water partition coefficient (Wildman–Crippen LogP) is 2.39. The lowest BCUT2D eigenvalue weighted by Crippen LogP contribution is -2.56. The first kappa shape index (κ1) is 12.5. The van der Waals surface area contributed by atoms with Crippen molar-refractivity contribution in [2.24, 2.45) is 0 Å². The monoisotopic (exact) mass is 253 g/mol. The van der Waals surface area contributed by atoms with Crippen molar-refractivity contribution in [1.29, 1.82) is 5.26 Å². The number of alkyl halides is 3. The number of nitriles is 1. The maximum Gasteiger partial charge on any atom is 0.422 e. The molecule has 1 N–H and O–H groups in total. The Balaban J connectivity index is 2.40. The summed E-state index contributed by atoms with van der Waals surface area (Å²) in [5.74, 6) is 0. The molecule has 1 aliphatic rings. The van der Waals surface area contributed by atoms with Gasteiger partial charge in [-0.25, -0.2) is 0 Å². The van der Waals surface area contributed by atoms with E-state index in [2.05, 4.69) is 5.32 Å². The maximum absolute atomic E-state index is 12.9. The summed E-state index contributed by atoms with van der Waals surface area (Å²) in [6.45, 7) is -0.0794. The van der Waals surface area contributed by atoms with Gasteiger partial charge >= 0.3 is 6.18 Å². The van der Waals surface area contributed by atoms with Gasteiger partial charge in [0.15, 0.2) is 6.17 Å². The van der Waals surface area contributed by atoms with Crippen LogP contribution in [0.15, 0.2) is 42.1 Å². The third-order valence-corrected chi connectivity index (χ3v) is 2.57. The number of para-hydroxylation sites is 1. The molecule has 0 aliphatic carbocycles. The van der Waals surface area contributed by atoms with E-state index in [1.165, 1.54) is 6.20 Å². The maximum atomic E-state index is 12.9. The summed E-state index contributed by atoms with van der Waals surface area (Å²) in [4.78, 5) is 1.03. The fourth-order valence-corrected chi connectivity index (χ4v) is 1.76. The predicted molar refractivity (Wildman–Crippen MR) is 60.5 cm³/mol. The summed E-state index contributed by atoms with van der Waals surface area (Å²) < 4.78 is 38.7. The first-order chi connectivity index (χ1) is 8.52. The highest BCUT2D eigenvalue weighted by Crippen LogP contribution is 2.30. The largest absolute Gasteiger partial charge is 0.422 e. The topological polar surface area (TPSA) is 39.1 Å². The fraction of sp³-hybridized carbons (Fsp3) is 0.250. The van der Waals surface area contributed by atoms with Gasteiger partial charge in [-0.1, -0.05) is 18.2 Å². The minimum Gasteiger partial charge on any atom is -0.323 e. The second kappa shape index (κ2) is 4.70. The van der Waals surface area contributed by atoms with Crippen LogP contribution in [0.2, 0.25) is 0 Å². The molecule has 0 saturated carbocycles. The minimum absolute atomic E-state index is 0.0794. The van der Waals surface area contributed by atoms with Gasteiger partial charge in [0.05, 0.1) is 11.6 Å². The SMILES string of the molecule is N#CC1=CN(c2ccccc2)C(C(F)(F)F)NC1. The van der Waals surface area contributed by atoms with Gasteiger partial charge < -0.3 is 4.90 Å². The Labute approximate surface area is 102 Å². The van der Waals surface area contributed by atoms with Crippen molar-refractivity contribution in [2.45, 2.75) is 12.3 Å². The average Bonchev–Trinajstić information content (AvgIpc) is 2.38. The third-order valence-electron chi connectivity index (χ3n) is 2.57. The Kier molecular flexibility index (Phi) is 3.26. The normalized spacial score (nSPS) is 20.2. The summed E-state index contributed by atoms with van der Waals surface area (Å²) >= 11 is 0. The molecular weight excluding hydrogens is 243 g/mol. The van der Waals surface area contributed by atoms with Gasteiger partial charge in [-0.05, 0) is 12.1 Å². The van der Waals surface area contributed by atoms with Gasteiger partial charge in [0.25, 0.3) is 0 Å². The van der Waals surface area contributed by atoms with Crippen molar-refractivity contribution in [3.63, 3.8) is 0 Å². The molecule has 1 unspecified atom stereocenters. The first-order valence-electron chi connectivity index (χ1n) is 5.26. The molecule has 0 amide bonds. The van der Waals surface area contributed by atoms with Crippen LogP contribution in [0.4, 0.5) is 18.9 Å². The van der Waals surface area contributed by atoms with Crippen molar-refractivity contribution in [3.05, 3.63) is 42.1 Å². The van der Waals surface area contributed by atoms with E-state index in [0.717, 1.165) is 4.90 Å². The van der Waals surface area contributed by atoms with Gasteiger partial charge in [-0.2, -0.15) is 18.4 Å². The molecule has 0 radical (unpaired) electrons. The number of hydrogen-bond donors (Lipinski definition) is 1. The van der Waals surface area contributed by atoms with Crippen LogP contribution in [-0.4, -0.2) is 18.9 Å². The standard InChI is InChI=1S/C12H10F3N3/c13-12(14,15)11-17-7-9(6-16)8-18(11)10-4-2-1-3-5-10/h1-5,8,11,17H,7H2. The summed E-state index contributed by atoms with van der Waals surface area (Å²) in [5.41, 5.74) is 0.652. The number of benzene rings is 1. The van der Waals surface area contributed by atoms with Crippen LogP contribution in [0.3, 0.4) is 0 Å². The molecule has 0 aromatic heterocycles. The zero-order chi connectivity index (χ0) is 13.2. The highest BCUT2D eigenvalue weighted by Gasteiger charge is 2.44. The van der Waals surface area contributed by atoms with Gasteiger partial charge in [-0.3, -0.25) is 5.32 Å². The Morgan fingerprint density at radius 1 is 1.28 bits per heavy atom. The van der Waals surface area contributed by atoms with Crippen LogP contribution in [0.1, 0.15) is 0 Å². The minimum atomic E-state index is -4.41. The highest BCUT2D eigenvalue weighted by atomic mass is 19.4. The zero-order valence-corrected chi connectivity index (χ0v) is 9.28. The molecule has 1 aromatic rings. The van der Waals surface area contributed by atoms with Crippen LogP contribution in [0.25, 0.3) is 0 Å². The van der Waals surface area contributed by atoms with E-state index in [9.17, 15) is 13.2 Å². The van der Waals surface area contributed by atoms with E-state index in [0.29, 0.717) is 5.69 Å². The fourth-order valence-electron chi connectivity index (χ4n) is 1.76. The average molecular weight is 253 g/mol. The highest BCUT2D eigenvalue weighted by molar-refractivity contribution is 5.53. The van der Waals surface area contributed by atoms with E-state index in [-0.39, 0.29) is 12.1 Å². The number of halogens is 3. The van der Waals surface area contributed by atoms with Crippen LogP contribution in [0.5, 0.6) is 0 Å². The molecule has 6 heteroatoms. The van der Waals surface area contributed by atoms with E-state index >= 15 is 0 Å². The van der Waals surface area contributed by atoms with Crippen molar-refractivity contribution in [3.8, 4) is 6.07 Å². The first-order valence-corrected chi connectivity index (χ1v) is 5.26. The van der Waals surface area contributed by atoms with E-state index in [4.69, 9.17) is 5.26 Å². The van der Waals surface area contributed by atoms with Crippen molar-refractivity contribution < 1.29 is 13.2 Å². The third kappa shape index (κ3) is 2.46. The van der Waals surface area contributed by atoms with Gasteiger partial charge in [0, 0.05) is 18.4 Å². The molecule has 1 atom stereocenters. The molecule has 0 spiro atoms. The van der Waals surface area contributed by atoms with Crippen LogP contribution in [0, 0.1) is 11.3 Å². The summed E-state index contributed by atoms with van der Waals surface area (Å²) in [6.07, 6.45) is -4.98. The van der Waals surface area contributed by atoms with Crippen molar-refractivity contribution in [1.82, 2.24) is 5.32 Å². The molecule has 0 fully saturated rings. The Morgan fingerprint density at radius 3 is 2.50 bits per heavy atom. The molecule has 18 heavy (non-hydrogen) atoms. The van der Waals surface area contributed by atoms with Crippen LogP contribution in [-0.2, 0) is 0 Å². The Morgan fingerprint density at radius 2 is 1.94 bits per heavy atom. The summed E-state index contributed by atoms with van der Waals surface area (Å²) in [7, 11) is 0. The number of nitrogens with one attached hydrogen (secondary N) is 1. The molecule has 1 aliphatic heterocycles. The Bertz CT molecular complexity index is 488. The number of rotatable bonds is 1. The van der Waals surface area contributed by atoms with Gasteiger partial charge in [0.2, 0.25) is 0 Å². The van der Waals surface area contributed by atoms with Gasteiger partial charge in [0.1, 0.15) is 0 Å². The van der Waals surface area contributed by atoms with Gasteiger partial charge in [-0.15, -0.1) is 0 Å². The molecule has 3 nitrogen and oxygen atoms in total. The van der Waals surface area contributed by atoms with E-state index < -0.39 is 12.3 Å². The number of hydrogen-bond acceptors (Lipinski definition) is 3. The van der Waals surface area contributed by atoms with Crippen molar-refractivity contribution >= 4 is 5.69 Å². The molecule has 0 bridgehead atoms. The zero-order valence-electron chi connectivity index (χ0n) is 9.28. The van der Waals surface area contributed by atoms with E-state index in [1.54, 1.807) is 30.3 Å². The Hall–Kier alpha value is -2.00. The second-order valence-corrected chi connectivity index (χ2v) is 3.83. The summed E-state index contributed by atoms with van der Waals surface area (Å²) in [6, 6.07) is 10.0. The lowest BCUT2D eigenvalue weighted by atomic mass is 10.2. The lowest BCUT2D eigenvalue weighted by Gasteiger charge is -2.36. The molecule has 2 rings (SSSR count). The molecular formula is C12H10F3N3. The summed E-state index contributed by atoms with van der Waals surface area (Å²) in [5, 5.41) is 11.1. The number of anilines is 1. The van der Waals surface area contributed by atoms with Crippen LogP contribution >= 0.6 is 0 Å².